The van der Waals surface area contributed by atoms with Crippen molar-refractivity contribution in [2.75, 3.05) is 57.4 Å². The van der Waals surface area contributed by atoms with Gasteiger partial charge in [0.15, 0.2) is 5.96 Å². The van der Waals surface area contributed by atoms with Crippen molar-refractivity contribution in [3.8, 4) is 0 Å². The minimum Gasteiger partial charge on any atom is -0.379 e. The second kappa shape index (κ2) is 12.2. The van der Waals surface area contributed by atoms with E-state index in [1.165, 1.54) is 5.56 Å². The number of hydrogen-bond donors (Lipinski definition) is 2. The van der Waals surface area contributed by atoms with Gasteiger partial charge in [-0.15, -0.1) is 24.0 Å². The highest BCUT2D eigenvalue weighted by molar-refractivity contribution is 14.0. The van der Waals surface area contributed by atoms with Gasteiger partial charge in [-0.3, -0.25) is 14.7 Å². The van der Waals surface area contributed by atoms with Crippen molar-refractivity contribution in [2.45, 2.75) is 25.7 Å². The van der Waals surface area contributed by atoms with Gasteiger partial charge in [-0.25, -0.2) is 0 Å². The molecule has 0 aromatic heterocycles. The van der Waals surface area contributed by atoms with Crippen LogP contribution in [0.1, 0.15) is 24.8 Å². The fourth-order valence-corrected chi connectivity index (χ4v) is 3.56. The first-order valence-corrected chi connectivity index (χ1v) is 9.96. The molecule has 0 spiro atoms. The number of nitrogens with one attached hydrogen (secondary N) is 1. The number of rotatable bonds is 8. The number of fused-ring (bicyclic) bond motifs is 1. The van der Waals surface area contributed by atoms with Crippen LogP contribution in [0.5, 0.6) is 0 Å². The number of para-hydroxylation sites is 1. The Morgan fingerprint density at radius 3 is 2.79 bits per heavy atom. The van der Waals surface area contributed by atoms with Crippen molar-refractivity contribution in [3.63, 3.8) is 0 Å². The van der Waals surface area contributed by atoms with Crippen molar-refractivity contribution in [2.24, 2.45) is 10.7 Å². The van der Waals surface area contributed by atoms with Gasteiger partial charge in [-0.1, -0.05) is 18.2 Å². The highest BCUT2D eigenvalue weighted by Crippen LogP contribution is 2.27. The normalized spacial score (nSPS) is 17.1. The molecule has 1 aromatic carbocycles. The Balaban J connectivity index is 0.00000280. The van der Waals surface area contributed by atoms with Gasteiger partial charge in [0.25, 0.3) is 0 Å². The molecule has 0 radical (unpaired) electrons. The van der Waals surface area contributed by atoms with Crippen LogP contribution in [0.25, 0.3) is 0 Å². The smallest absolute Gasteiger partial charge is 0.227 e. The average molecular weight is 501 g/mol. The summed E-state index contributed by atoms with van der Waals surface area (Å²) in [6, 6.07) is 8.13. The van der Waals surface area contributed by atoms with E-state index in [0.717, 1.165) is 64.5 Å². The molecule has 156 valence electrons. The molecule has 28 heavy (non-hydrogen) atoms. The van der Waals surface area contributed by atoms with E-state index in [0.29, 0.717) is 25.3 Å². The maximum absolute atomic E-state index is 12.4. The first-order valence-electron chi connectivity index (χ1n) is 9.96. The lowest BCUT2D eigenvalue weighted by Crippen LogP contribution is -2.39. The third-order valence-corrected chi connectivity index (χ3v) is 5.08. The molecule has 2 aliphatic rings. The molecule has 2 aliphatic heterocycles. The number of carbonyl (C=O) groups excluding carboxylic acids is 1. The largest absolute Gasteiger partial charge is 0.379 e. The van der Waals surface area contributed by atoms with Crippen molar-refractivity contribution >= 4 is 41.5 Å². The molecule has 2 heterocycles. The minimum absolute atomic E-state index is 0. The molecule has 7 nitrogen and oxygen atoms in total. The molecular formula is C20H32IN5O2. The van der Waals surface area contributed by atoms with E-state index in [4.69, 9.17) is 10.5 Å². The summed E-state index contributed by atoms with van der Waals surface area (Å²) < 4.78 is 5.34. The number of aliphatic imine (C=N–C) groups is 1. The first kappa shape index (κ1) is 22.9. The van der Waals surface area contributed by atoms with Gasteiger partial charge in [-0.05, 0) is 37.4 Å². The van der Waals surface area contributed by atoms with Gasteiger partial charge < -0.3 is 20.7 Å². The molecule has 0 unspecified atom stereocenters. The fourth-order valence-electron chi connectivity index (χ4n) is 3.56. The molecule has 1 fully saturated rings. The molecule has 3 N–H and O–H groups in total. The van der Waals surface area contributed by atoms with Crippen LogP contribution in [0, 0.1) is 0 Å². The molecular weight excluding hydrogens is 469 g/mol. The average Bonchev–Trinajstić information content (AvgIpc) is 3.13. The van der Waals surface area contributed by atoms with E-state index in [9.17, 15) is 4.79 Å². The van der Waals surface area contributed by atoms with Crippen molar-refractivity contribution in [3.05, 3.63) is 29.8 Å². The molecule has 1 aromatic rings. The lowest BCUT2D eigenvalue weighted by Gasteiger charge is -2.26. The van der Waals surface area contributed by atoms with Crippen LogP contribution in [0.15, 0.2) is 29.3 Å². The zero-order valence-electron chi connectivity index (χ0n) is 16.4. The molecule has 1 saturated heterocycles. The number of hydrogen-bond acceptors (Lipinski definition) is 4. The number of nitrogens with zero attached hydrogens (tertiary/aromatic N) is 3. The molecule has 0 aliphatic carbocycles. The Hall–Kier alpha value is -1.39. The Bertz CT molecular complexity index is 649. The van der Waals surface area contributed by atoms with Crippen LogP contribution < -0.4 is 16.0 Å². The quantitative estimate of drug-likeness (QED) is 0.245. The fraction of sp³-hybridized carbons (Fsp3) is 0.600. The summed E-state index contributed by atoms with van der Waals surface area (Å²) in [6.07, 6.45) is 3.19. The number of amides is 1. The van der Waals surface area contributed by atoms with E-state index in [2.05, 4.69) is 21.3 Å². The summed E-state index contributed by atoms with van der Waals surface area (Å²) in [7, 11) is 0. The number of nitrogens with two attached hydrogens (primary N) is 1. The lowest BCUT2D eigenvalue weighted by molar-refractivity contribution is -0.118. The van der Waals surface area contributed by atoms with Gasteiger partial charge in [0, 0.05) is 44.8 Å². The molecule has 1 amide bonds. The monoisotopic (exact) mass is 501 g/mol. The van der Waals surface area contributed by atoms with Crippen LogP contribution in [-0.2, 0) is 16.0 Å². The SMILES string of the molecule is I.NC(=NCCCC(=O)N1CCc2ccccc21)NCCCN1CCOCC1. The Morgan fingerprint density at radius 2 is 1.96 bits per heavy atom. The predicted octanol–water partition coefficient (Wildman–Crippen LogP) is 1.60. The molecule has 0 saturated carbocycles. The van der Waals surface area contributed by atoms with E-state index >= 15 is 0 Å². The van der Waals surface area contributed by atoms with Crippen LogP contribution in [0.2, 0.25) is 0 Å². The minimum atomic E-state index is 0. The number of benzene rings is 1. The van der Waals surface area contributed by atoms with Gasteiger partial charge >= 0.3 is 0 Å². The number of morpholine rings is 1. The lowest BCUT2D eigenvalue weighted by atomic mass is 10.2. The van der Waals surface area contributed by atoms with Gasteiger partial charge in [0.2, 0.25) is 5.91 Å². The van der Waals surface area contributed by atoms with Gasteiger partial charge in [0.1, 0.15) is 0 Å². The van der Waals surface area contributed by atoms with Crippen LogP contribution in [0.4, 0.5) is 5.69 Å². The number of guanidine groups is 1. The summed E-state index contributed by atoms with van der Waals surface area (Å²) in [4.78, 5) is 21.1. The van der Waals surface area contributed by atoms with Crippen molar-refractivity contribution in [1.29, 1.82) is 0 Å². The Labute approximate surface area is 184 Å². The summed E-state index contributed by atoms with van der Waals surface area (Å²) in [6.45, 7) is 6.92. The highest BCUT2D eigenvalue weighted by atomic mass is 127. The second-order valence-corrected chi connectivity index (χ2v) is 7.03. The summed E-state index contributed by atoms with van der Waals surface area (Å²) >= 11 is 0. The first-order chi connectivity index (χ1) is 13.2. The molecule has 0 atom stereocenters. The number of ether oxygens (including phenoxy) is 1. The number of anilines is 1. The summed E-state index contributed by atoms with van der Waals surface area (Å²) in [5.74, 6) is 0.642. The topological polar surface area (TPSA) is 83.2 Å². The van der Waals surface area contributed by atoms with E-state index in [-0.39, 0.29) is 29.9 Å². The van der Waals surface area contributed by atoms with Crippen molar-refractivity contribution < 1.29 is 9.53 Å². The highest BCUT2D eigenvalue weighted by Gasteiger charge is 2.23. The Kier molecular flexibility index (Phi) is 10.0. The molecule has 0 bridgehead atoms. The molecule has 8 heteroatoms. The van der Waals surface area contributed by atoms with E-state index in [1.54, 1.807) is 0 Å². The standard InChI is InChI=1S/C20H31N5O2.HI/c21-20(23-10-4-11-24-13-15-27-16-14-24)22-9-3-7-19(26)25-12-8-17-5-1-2-6-18(17)25;/h1-2,5-6H,3-4,7-16H2,(H3,21,22,23);1H. The third-order valence-electron chi connectivity index (χ3n) is 5.08. The zero-order chi connectivity index (χ0) is 18.9. The van der Waals surface area contributed by atoms with Crippen molar-refractivity contribution in [1.82, 2.24) is 10.2 Å². The van der Waals surface area contributed by atoms with Crippen LogP contribution >= 0.6 is 24.0 Å². The van der Waals surface area contributed by atoms with E-state index < -0.39 is 0 Å². The Morgan fingerprint density at radius 1 is 1.18 bits per heavy atom. The maximum atomic E-state index is 12.4. The maximum Gasteiger partial charge on any atom is 0.227 e. The third kappa shape index (κ3) is 6.89. The van der Waals surface area contributed by atoms with Gasteiger partial charge in [0.05, 0.1) is 13.2 Å². The predicted molar refractivity (Wildman–Crippen MR) is 124 cm³/mol. The summed E-state index contributed by atoms with van der Waals surface area (Å²) in [5, 5.41) is 3.15. The zero-order valence-corrected chi connectivity index (χ0v) is 18.8. The number of carbonyl (C=O) groups is 1. The second-order valence-electron chi connectivity index (χ2n) is 7.03. The van der Waals surface area contributed by atoms with E-state index in [1.807, 2.05) is 23.1 Å². The van der Waals surface area contributed by atoms with Gasteiger partial charge in [-0.2, -0.15) is 0 Å². The number of halogens is 1. The van der Waals surface area contributed by atoms with Crippen LogP contribution in [-0.4, -0.2) is 69.2 Å². The molecule has 3 rings (SSSR count). The summed E-state index contributed by atoms with van der Waals surface area (Å²) in [5.41, 5.74) is 8.23. The van der Waals surface area contributed by atoms with Crippen LogP contribution in [0.3, 0.4) is 0 Å².